The molecule has 1 fully saturated rings. The molecule has 132 valence electrons. The summed E-state index contributed by atoms with van der Waals surface area (Å²) in [5.74, 6) is -0.484. The summed E-state index contributed by atoms with van der Waals surface area (Å²) in [6.07, 6.45) is 2.14. The van der Waals surface area contributed by atoms with Crippen molar-refractivity contribution in [3.63, 3.8) is 0 Å². The minimum Gasteiger partial charge on any atom is -0.481 e. The van der Waals surface area contributed by atoms with E-state index in [2.05, 4.69) is 19.2 Å². The second-order valence-corrected chi connectivity index (χ2v) is 7.05. The molecule has 0 aromatic heterocycles. The topological polar surface area (TPSA) is 69.6 Å². The highest BCUT2D eigenvalue weighted by atomic mass is 16.4. The van der Waals surface area contributed by atoms with Crippen molar-refractivity contribution in [3.8, 4) is 0 Å². The van der Waals surface area contributed by atoms with Crippen LogP contribution < -0.4 is 5.32 Å². The zero-order valence-corrected chi connectivity index (χ0v) is 14.6. The quantitative estimate of drug-likeness (QED) is 0.805. The van der Waals surface area contributed by atoms with E-state index in [1.165, 1.54) is 0 Å². The SMILES string of the molecule is CC(C)CC(NC(=O)CN1CCC(C(=O)O)CC1)c1ccccc1. The number of carbonyl (C=O) groups excluding carboxylic acids is 1. The van der Waals surface area contributed by atoms with Crippen LogP contribution in [0.3, 0.4) is 0 Å². The fourth-order valence-corrected chi connectivity index (χ4v) is 3.22. The lowest BCUT2D eigenvalue weighted by atomic mass is 9.96. The molecule has 2 rings (SSSR count). The van der Waals surface area contributed by atoms with Gasteiger partial charge in [0.25, 0.3) is 0 Å². The predicted octanol–water partition coefficient (Wildman–Crippen LogP) is 2.69. The number of nitrogens with zero attached hydrogens (tertiary/aromatic N) is 1. The number of hydrogen-bond acceptors (Lipinski definition) is 3. The van der Waals surface area contributed by atoms with Gasteiger partial charge in [0.1, 0.15) is 0 Å². The maximum Gasteiger partial charge on any atom is 0.306 e. The Bertz CT molecular complexity index is 537. The summed E-state index contributed by atoms with van der Waals surface area (Å²) < 4.78 is 0. The number of carboxylic acids is 1. The number of carbonyl (C=O) groups is 2. The van der Waals surface area contributed by atoms with Crippen molar-refractivity contribution in [1.82, 2.24) is 10.2 Å². The molecule has 24 heavy (non-hydrogen) atoms. The zero-order chi connectivity index (χ0) is 17.5. The van der Waals surface area contributed by atoms with E-state index < -0.39 is 5.97 Å². The van der Waals surface area contributed by atoms with Crippen LogP contribution in [0.4, 0.5) is 0 Å². The van der Waals surface area contributed by atoms with Crippen LogP contribution in [0.5, 0.6) is 0 Å². The first kappa shape index (κ1) is 18.5. The summed E-state index contributed by atoms with van der Waals surface area (Å²) >= 11 is 0. The van der Waals surface area contributed by atoms with E-state index in [4.69, 9.17) is 5.11 Å². The van der Waals surface area contributed by atoms with Gasteiger partial charge in [-0.05, 0) is 43.8 Å². The largest absolute Gasteiger partial charge is 0.481 e. The Morgan fingerprint density at radius 1 is 1.21 bits per heavy atom. The fraction of sp³-hybridized carbons (Fsp3) is 0.579. The Kier molecular flexibility index (Phi) is 6.79. The van der Waals surface area contributed by atoms with Gasteiger partial charge in [0, 0.05) is 0 Å². The third-order valence-electron chi connectivity index (χ3n) is 4.55. The number of aliphatic carboxylic acids is 1. The van der Waals surface area contributed by atoms with Gasteiger partial charge in [0.05, 0.1) is 18.5 Å². The highest BCUT2D eigenvalue weighted by Gasteiger charge is 2.26. The van der Waals surface area contributed by atoms with Crippen molar-refractivity contribution in [1.29, 1.82) is 0 Å². The third-order valence-corrected chi connectivity index (χ3v) is 4.55. The van der Waals surface area contributed by atoms with Crippen LogP contribution in [-0.4, -0.2) is 41.5 Å². The van der Waals surface area contributed by atoms with Crippen molar-refractivity contribution < 1.29 is 14.7 Å². The van der Waals surface area contributed by atoms with Gasteiger partial charge < -0.3 is 10.4 Å². The van der Waals surface area contributed by atoms with Gasteiger partial charge >= 0.3 is 5.97 Å². The summed E-state index contributed by atoms with van der Waals surface area (Å²) in [5, 5.41) is 12.2. The number of carboxylic acid groups (broad SMARTS) is 1. The van der Waals surface area contributed by atoms with E-state index in [1.54, 1.807) is 0 Å². The lowest BCUT2D eigenvalue weighted by Gasteiger charge is -2.30. The van der Waals surface area contributed by atoms with Gasteiger partial charge in [-0.1, -0.05) is 44.2 Å². The van der Waals surface area contributed by atoms with Crippen LogP contribution in [-0.2, 0) is 9.59 Å². The Balaban J connectivity index is 1.88. The van der Waals surface area contributed by atoms with Crippen molar-refractivity contribution >= 4 is 11.9 Å². The number of piperidine rings is 1. The highest BCUT2D eigenvalue weighted by molar-refractivity contribution is 5.78. The Morgan fingerprint density at radius 3 is 2.38 bits per heavy atom. The molecule has 1 aliphatic heterocycles. The lowest BCUT2D eigenvalue weighted by molar-refractivity contribution is -0.143. The number of rotatable bonds is 7. The molecule has 0 radical (unpaired) electrons. The van der Waals surface area contributed by atoms with Crippen LogP contribution in [0.15, 0.2) is 30.3 Å². The van der Waals surface area contributed by atoms with Gasteiger partial charge in [0.2, 0.25) is 5.91 Å². The Hall–Kier alpha value is -1.88. The Labute approximate surface area is 144 Å². The van der Waals surface area contributed by atoms with Gasteiger partial charge in [0.15, 0.2) is 0 Å². The smallest absolute Gasteiger partial charge is 0.306 e. The van der Waals surface area contributed by atoms with E-state index in [0.29, 0.717) is 38.4 Å². The van der Waals surface area contributed by atoms with Crippen molar-refractivity contribution in [2.75, 3.05) is 19.6 Å². The first-order valence-corrected chi connectivity index (χ1v) is 8.75. The summed E-state index contributed by atoms with van der Waals surface area (Å²) in [6.45, 7) is 5.99. The van der Waals surface area contributed by atoms with Crippen molar-refractivity contribution in [2.45, 2.75) is 39.2 Å². The van der Waals surface area contributed by atoms with E-state index in [-0.39, 0.29) is 17.9 Å². The predicted molar refractivity (Wildman–Crippen MR) is 93.6 cm³/mol. The molecule has 2 N–H and O–H groups in total. The molecule has 5 heteroatoms. The van der Waals surface area contributed by atoms with E-state index in [9.17, 15) is 9.59 Å². The maximum absolute atomic E-state index is 12.4. The molecule has 0 bridgehead atoms. The van der Waals surface area contributed by atoms with E-state index in [1.807, 2.05) is 35.2 Å². The van der Waals surface area contributed by atoms with Gasteiger partial charge in [-0.15, -0.1) is 0 Å². The highest BCUT2D eigenvalue weighted by Crippen LogP contribution is 2.21. The molecule has 1 unspecified atom stereocenters. The second kappa shape index (κ2) is 8.83. The average molecular weight is 332 g/mol. The molecule has 1 aliphatic rings. The second-order valence-electron chi connectivity index (χ2n) is 7.05. The number of nitrogens with one attached hydrogen (secondary N) is 1. The maximum atomic E-state index is 12.4. The lowest BCUT2D eigenvalue weighted by Crippen LogP contribution is -2.43. The number of amides is 1. The molecular weight excluding hydrogens is 304 g/mol. The number of benzene rings is 1. The van der Waals surface area contributed by atoms with Crippen LogP contribution in [0.2, 0.25) is 0 Å². The summed E-state index contributed by atoms with van der Waals surface area (Å²) in [7, 11) is 0. The summed E-state index contributed by atoms with van der Waals surface area (Å²) in [4.78, 5) is 25.5. The minimum absolute atomic E-state index is 0.0123. The normalized spacial score (nSPS) is 17.6. The molecular formula is C19H28N2O3. The number of hydrogen-bond donors (Lipinski definition) is 2. The summed E-state index contributed by atoms with van der Waals surface area (Å²) in [5.41, 5.74) is 1.13. The first-order chi connectivity index (χ1) is 11.5. The van der Waals surface area contributed by atoms with Crippen LogP contribution in [0.25, 0.3) is 0 Å². The van der Waals surface area contributed by atoms with Gasteiger partial charge in [-0.25, -0.2) is 0 Å². The zero-order valence-electron chi connectivity index (χ0n) is 14.6. The minimum atomic E-state index is -0.722. The van der Waals surface area contributed by atoms with Crippen LogP contribution >= 0.6 is 0 Å². The number of likely N-dealkylation sites (tertiary alicyclic amines) is 1. The molecule has 1 aromatic carbocycles. The molecule has 0 saturated carbocycles. The molecule has 5 nitrogen and oxygen atoms in total. The fourth-order valence-electron chi connectivity index (χ4n) is 3.22. The van der Waals surface area contributed by atoms with Crippen molar-refractivity contribution in [3.05, 3.63) is 35.9 Å². The van der Waals surface area contributed by atoms with E-state index >= 15 is 0 Å². The summed E-state index contributed by atoms with van der Waals surface area (Å²) in [6, 6.07) is 10.1. The van der Waals surface area contributed by atoms with Crippen molar-refractivity contribution in [2.24, 2.45) is 11.8 Å². The first-order valence-electron chi connectivity index (χ1n) is 8.75. The molecule has 1 saturated heterocycles. The molecule has 0 spiro atoms. The molecule has 1 heterocycles. The monoisotopic (exact) mass is 332 g/mol. The van der Waals surface area contributed by atoms with E-state index in [0.717, 1.165) is 12.0 Å². The van der Waals surface area contributed by atoms with Crippen LogP contribution in [0.1, 0.15) is 44.7 Å². The van der Waals surface area contributed by atoms with Gasteiger partial charge in [-0.2, -0.15) is 0 Å². The van der Waals surface area contributed by atoms with Gasteiger partial charge in [-0.3, -0.25) is 14.5 Å². The molecule has 1 atom stereocenters. The Morgan fingerprint density at radius 2 is 1.83 bits per heavy atom. The molecule has 1 amide bonds. The molecule has 1 aromatic rings. The molecule has 0 aliphatic carbocycles. The van der Waals surface area contributed by atoms with Crippen LogP contribution in [0, 0.1) is 11.8 Å². The standard InChI is InChI=1S/C19H28N2O3/c1-14(2)12-17(15-6-4-3-5-7-15)20-18(22)13-21-10-8-16(9-11-21)19(23)24/h3-7,14,16-17H,8-13H2,1-2H3,(H,20,22)(H,23,24). The average Bonchev–Trinajstić information content (AvgIpc) is 2.55. The third kappa shape index (κ3) is 5.64.